The van der Waals surface area contributed by atoms with Crippen molar-refractivity contribution in [2.75, 3.05) is 32.7 Å². The summed E-state index contributed by atoms with van der Waals surface area (Å²) < 4.78 is 26.9. The second kappa shape index (κ2) is 9.12. The standard InChI is InChI=1S/C18H26N4O4S/c1-4-19-9-10-20-18(24)15-12-17(23)21-16-8-7-13(11-14(15)16)27(25,26)22(5-2)6-3/h7-8,11-12,19H,4-6,9-10H2,1-3H3,(H,20,24)(H,21,23). The van der Waals surface area contributed by atoms with E-state index in [0.29, 0.717) is 37.1 Å². The Labute approximate surface area is 159 Å². The Bertz CT molecular complexity index is 965. The number of likely N-dealkylation sites (N-methyl/N-ethyl adjacent to an activating group) is 1. The number of benzene rings is 1. The Morgan fingerprint density at radius 3 is 2.44 bits per heavy atom. The van der Waals surface area contributed by atoms with Crippen molar-refractivity contribution in [3.8, 4) is 0 Å². The van der Waals surface area contributed by atoms with E-state index in [0.717, 1.165) is 6.54 Å². The van der Waals surface area contributed by atoms with E-state index in [9.17, 15) is 18.0 Å². The molecule has 0 saturated carbocycles. The average Bonchev–Trinajstić information content (AvgIpc) is 2.64. The van der Waals surface area contributed by atoms with Gasteiger partial charge in [0.25, 0.3) is 5.91 Å². The average molecular weight is 394 g/mol. The molecule has 0 radical (unpaired) electrons. The number of H-pyrrole nitrogens is 1. The molecule has 0 spiro atoms. The number of amides is 1. The fraction of sp³-hybridized carbons (Fsp3) is 0.444. The SMILES string of the molecule is CCNCCNC(=O)c1cc(=O)[nH]c2ccc(S(=O)(=O)N(CC)CC)cc12. The molecule has 0 aliphatic carbocycles. The topological polar surface area (TPSA) is 111 Å². The molecule has 0 unspecified atom stereocenters. The van der Waals surface area contributed by atoms with Crippen LogP contribution in [0.1, 0.15) is 31.1 Å². The smallest absolute Gasteiger partial charge is 0.252 e. The molecule has 2 aromatic rings. The van der Waals surface area contributed by atoms with Gasteiger partial charge in [-0.15, -0.1) is 0 Å². The normalized spacial score (nSPS) is 11.9. The van der Waals surface area contributed by atoms with Gasteiger partial charge in [-0.05, 0) is 24.7 Å². The van der Waals surface area contributed by atoms with Crippen molar-refractivity contribution in [2.24, 2.45) is 0 Å². The quantitative estimate of drug-likeness (QED) is 0.547. The number of sulfonamides is 1. The third kappa shape index (κ3) is 4.74. The number of rotatable bonds is 9. The predicted molar refractivity (Wildman–Crippen MR) is 106 cm³/mol. The summed E-state index contributed by atoms with van der Waals surface area (Å²) >= 11 is 0. The number of aromatic amines is 1. The van der Waals surface area contributed by atoms with E-state index in [-0.39, 0.29) is 10.5 Å². The molecule has 0 aliphatic heterocycles. The first-order chi connectivity index (χ1) is 12.8. The molecule has 148 valence electrons. The van der Waals surface area contributed by atoms with Crippen molar-refractivity contribution < 1.29 is 13.2 Å². The maximum Gasteiger partial charge on any atom is 0.252 e. The van der Waals surface area contributed by atoms with Gasteiger partial charge in [0, 0.05) is 43.1 Å². The maximum atomic E-state index is 12.8. The number of nitrogens with one attached hydrogen (secondary N) is 3. The molecule has 1 aromatic carbocycles. The Balaban J connectivity index is 2.49. The lowest BCUT2D eigenvalue weighted by molar-refractivity contribution is 0.0955. The molecule has 0 aliphatic rings. The highest BCUT2D eigenvalue weighted by Crippen LogP contribution is 2.22. The molecule has 1 amide bonds. The minimum absolute atomic E-state index is 0.0902. The van der Waals surface area contributed by atoms with Crippen LogP contribution in [0.5, 0.6) is 0 Å². The lowest BCUT2D eigenvalue weighted by atomic mass is 10.1. The third-order valence-electron chi connectivity index (χ3n) is 4.24. The molecule has 9 heteroatoms. The van der Waals surface area contributed by atoms with Gasteiger partial charge in [-0.3, -0.25) is 9.59 Å². The second-order valence-corrected chi connectivity index (χ2v) is 7.89. The van der Waals surface area contributed by atoms with Crippen LogP contribution in [0.15, 0.2) is 34.0 Å². The number of hydrogen-bond donors (Lipinski definition) is 3. The van der Waals surface area contributed by atoms with Crippen LogP contribution in [0, 0.1) is 0 Å². The van der Waals surface area contributed by atoms with E-state index < -0.39 is 21.5 Å². The highest BCUT2D eigenvalue weighted by atomic mass is 32.2. The number of aromatic nitrogens is 1. The van der Waals surface area contributed by atoms with E-state index >= 15 is 0 Å². The molecule has 2 rings (SSSR count). The van der Waals surface area contributed by atoms with E-state index in [1.165, 1.54) is 28.6 Å². The largest absolute Gasteiger partial charge is 0.351 e. The Hall–Kier alpha value is -2.23. The van der Waals surface area contributed by atoms with Gasteiger partial charge in [-0.1, -0.05) is 20.8 Å². The predicted octanol–water partition coefficient (Wildman–Crippen LogP) is 0.898. The molecule has 1 aromatic heterocycles. The summed E-state index contributed by atoms with van der Waals surface area (Å²) in [6.07, 6.45) is 0. The molecule has 0 atom stereocenters. The zero-order valence-electron chi connectivity index (χ0n) is 15.8. The van der Waals surface area contributed by atoms with Gasteiger partial charge in [0.2, 0.25) is 15.6 Å². The summed E-state index contributed by atoms with van der Waals surface area (Å²) in [5.41, 5.74) is 0.151. The van der Waals surface area contributed by atoms with E-state index in [1.807, 2.05) is 6.92 Å². The molecule has 27 heavy (non-hydrogen) atoms. The minimum atomic E-state index is -3.67. The molecule has 0 fully saturated rings. The van der Waals surface area contributed by atoms with Crippen molar-refractivity contribution in [1.82, 2.24) is 19.9 Å². The van der Waals surface area contributed by atoms with Crippen LogP contribution in [0.2, 0.25) is 0 Å². The van der Waals surface area contributed by atoms with Crippen LogP contribution in [0.3, 0.4) is 0 Å². The van der Waals surface area contributed by atoms with Crippen LogP contribution >= 0.6 is 0 Å². The summed E-state index contributed by atoms with van der Waals surface area (Å²) in [6, 6.07) is 5.60. The number of carbonyl (C=O) groups excluding carboxylic acids is 1. The van der Waals surface area contributed by atoms with Crippen molar-refractivity contribution in [1.29, 1.82) is 0 Å². The summed E-state index contributed by atoms with van der Waals surface area (Å²) in [6.45, 7) is 7.98. The van der Waals surface area contributed by atoms with Crippen molar-refractivity contribution in [3.05, 3.63) is 40.2 Å². The molecular formula is C18H26N4O4S. The molecule has 3 N–H and O–H groups in total. The Kier molecular flexibility index (Phi) is 7.11. The third-order valence-corrected chi connectivity index (χ3v) is 6.29. The zero-order chi connectivity index (χ0) is 20.0. The monoisotopic (exact) mass is 394 g/mol. The minimum Gasteiger partial charge on any atom is -0.351 e. The highest BCUT2D eigenvalue weighted by Gasteiger charge is 2.23. The van der Waals surface area contributed by atoms with Crippen LogP contribution < -0.4 is 16.2 Å². The molecule has 0 bridgehead atoms. The molecular weight excluding hydrogens is 368 g/mol. The van der Waals surface area contributed by atoms with Gasteiger partial charge in [0.1, 0.15) is 0 Å². The van der Waals surface area contributed by atoms with Gasteiger partial charge >= 0.3 is 0 Å². The van der Waals surface area contributed by atoms with Crippen LogP contribution in [-0.4, -0.2) is 56.3 Å². The maximum absolute atomic E-state index is 12.8. The summed E-state index contributed by atoms with van der Waals surface area (Å²) in [4.78, 5) is 27.2. The van der Waals surface area contributed by atoms with Gasteiger partial charge in [-0.2, -0.15) is 4.31 Å². The van der Waals surface area contributed by atoms with Crippen LogP contribution in [0.25, 0.3) is 10.9 Å². The van der Waals surface area contributed by atoms with E-state index in [1.54, 1.807) is 13.8 Å². The van der Waals surface area contributed by atoms with Crippen molar-refractivity contribution in [3.63, 3.8) is 0 Å². The summed E-state index contributed by atoms with van der Waals surface area (Å²) in [7, 11) is -3.67. The van der Waals surface area contributed by atoms with Gasteiger partial charge < -0.3 is 15.6 Å². The Morgan fingerprint density at radius 1 is 1.11 bits per heavy atom. The van der Waals surface area contributed by atoms with Gasteiger partial charge in [-0.25, -0.2) is 8.42 Å². The number of carbonyl (C=O) groups is 1. The first-order valence-corrected chi connectivity index (χ1v) is 10.4. The lowest BCUT2D eigenvalue weighted by Crippen LogP contribution is -2.32. The highest BCUT2D eigenvalue weighted by molar-refractivity contribution is 7.89. The lowest BCUT2D eigenvalue weighted by Gasteiger charge is -2.19. The number of pyridine rings is 1. The number of fused-ring (bicyclic) bond motifs is 1. The van der Waals surface area contributed by atoms with Crippen LogP contribution in [-0.2, 0) is 10.0 Å². The van der Waals surface area contributed by atoms with Crippen molar-refractivity contribution in [2.45, 2.75) is 25.7 Å². The summed E-state index contributed by atoms with van der Waals surface area (Å²) in [5.74, 6) is -0.415. The molecule has 1 heterocycles. The molecule has 0 saturated heterocycles. The first kappa shape index (κ1) is 21.1. The fourth-order valence-corrected chi connectivity index (χ4v) is 4.31. The second-order valence-electron chi connectivity index (χ2n) is 5.95. The van der Waals surface area contributed by atoms with Crippen molar-refractivity contribution >= 4 is 26.8 Å². The number of hydrogen-bond acceptors (Lipinski definition) is 5. The number of nitrogens with zero attached hydrogens (tertiary/aromatic N) is 1. The van der Waals surface area contributed by atoms with Crippen LogP contribution in [0.4, 0.5) is 0 Å². The molecule has 8 nitrogen and oxygen atoms in total. The van der Waals surface area contributed by atoms with Gasteiger partial charge in [0.05, 0.1) is 10.5 Å². The fourth-order valence-electron chi connectivity index (χ4n) is 2.83. The Morgan fingerprint density at radius 2 is 1.81 bits per heavy atom. The van der Waals surface area contributed by atoms with Gasteiger partial charge in [0.15, 0.2) is 0 Å². The van der Waals surface area contributed by atoms with E-state index in [2.05, 4.69) is 15.6 Å². The van der Waals surface area contributed by atoms with E-state index in [4.69, 9.17) is 0 Å². The summed E-state index contributed by atoms with van der Waals surface area (Å²) in [5, 5.41) is 6.23. The first-order valence-electron chi connectivity index (χ1n) is 9.01. The zero-order valence-corrected chi connectivity index (χ0v) is 16.6.